The molecule has 0 atom stereocenters. The number of fused-ring (bicyclic) bond motifs is 2. The van der Waals surface area contributed by atoms with Crippen LogP contribution in [0.15, 0.2) is 78.9 Å². The Bertz CT molecular complexity index is 1450. The van der Waals surface area contributed by atoms with Gasteiger partial charge in [-0.05, 0) is 36.6 Å². The van der Waals surface area contributed by atoms with Gasteiger partial charge in [0.25, 0.3) is 5.91 Å². The maximum absolute atomic E-state index is 12.6. The molecule has 5 rings (SSSR count). The first-order chi connectivity index (χ1) is 15.6. The second-order valence-corrected chi connectivity index (χ2v) is 8.34. The number of nitrogens with zero attached hydrogens (tertiary/aromatic N) is 2. The smallest absolute Gasteiger partial charge is 0.348 e. The Morgan fingerprint density at radius 1 is 0.969 bits per heavy atom. The highest BCUT2D eigenvalue weighted by molar-refractivity contribution is 7.20. The van der Waals surface area contributed by atoms with E-state index in [9.17, 15) is 9.59 Å². The van der Waals surface area contributed by atoms with Crippen LogP contribution in [0.1, 0.15) is 15.4 Å². The third-order valence-electron chi connectivity index (χ3n) is 5.14. The lowest BCUT2D eigenvalue weighted by Crippen LogP contribution is -2.20. The first kappa shape index (κ1) is 20.0. The van der Waals surface area contributed by atoms with E-state index in [-0.39, 0.29) is 12.5 Å². The fourth-order valence-electron chi connectivity index (χ4n) is 3.61. The molecule has 3 aromatic carbocycles. The fourth-order valence-corrected chi connectivity index (χ4v) is 4.69. The molecule has 6 nitrogen and oxygen atoms in total. The van der Waals surface area contributed by atoms with E-state index in [1.165, 1.54) is 11.3 Å². The predicted molar refractivity (Wildman–Crippen MR) is 127 cm³/mol. The van der Waals surface area contributed by atoms with Crippen molar-refractivity contribution < 1.29 is 14.3 Å². The van der Waals surface area contributed by atoms with Gasteiger partial charge in [-0.15, -0.1) is 11.3 Å². The minimum atomic E-state index is -0.529. The molecule has 1 N–H and O–H groups in total. The Kier molecular flexibility index (Phi) is 5.17. The monoisotopic (exact) mass is 441 g/mol. The molecule has 5 aromatic rings. The normalized spacial score (nSPS) is 11.0. The van der Waals surface area contributed by atoms with Crippen LogP contribution in [0.25, 0.3) is 26.7 Å². The molecule has 0 aliphatic heterocycles. The van der Waals surface area contributed by atoms with Crippen LogP contribution in [0.3, 0.4) is 0 Å². The Hall–Kier alpha value is -3.97. The highest BCUT2D eigenvalue weighted by Crippen LogP contribution is 2.31. The molecule has 0 saturated heterocycles. The van der Waals surface area contributed by atoms with E-state index in [0.717, 1.165) is 32.4 Å². The summed E-state index contributed by atoms with van der Waals surface area (Å²) in [7, 11) is 0. The highest BCUT2D eigenvalue weighted by atomic mass is 32.1. The number of aromatic nitrogens is 2. The van der Waals surface area contributed by atoms with Crippen LogP contribution in [0.4, 0.5) is 5.69 Å². The Balaban J connectivity index is 1.30. The highest BCUT2D eigenvalue weighted by Gasteiger charge is 2.19. The van der Waals surface area contributed by atoms with Crippen LogP contribution >= 0.6 is 11.3 Å². The number of carbonyl (C=O) groups is 2. The van der Waals surface area contributed by atoms with Crippen molar-refractivity contribution in [2.75, 3.05) is 11.9 Å². The third kappa shape index (κ3) is 3.74. The lowest BCUT2D eigenvalue weighted by molar-refractivity contribution is -0.119. The van der Waals surface area contributed by atoms with Crippen molar-refractivity contribution in [3.63, 3.8) is 0 Å². The van der Waals surface area contributed by atoms with Crippen molar-refractivity contribution in [2.45, 2.75) is 6.92 Å². The van der Waals surface area contributed by atoms with Gasteiger partial charge in [-0.1, -0.05) is 54.6 Å². The molecular formula is C25H19N3O3S. The first-order valence-electron chi connectivity index (χ1n) is 10.1. The quantitative estimate of drug-likeness (QED) is 0.374. The molecule has 0 spiro atoms. The van der Waals surface area contributed by atoms with E-state index in [4.69, 9.17) is 4.74 Å². The van der Waals surface area contributed by atoms with Crippen molar-refractivity contribution >= 4 is 49.9 Å². The summed E-state index contributed by atoms with van der Waals surface area (Å²) < 4.78 is 7.11. The fraction of sp³-hybridized carbons (Fsp3) is 0.0800. The Morgan fingerprint density at radius 3 is 2.56 bits per heavy atom. The maximum Gasteiger partial charge on any atom is 0.348 e. The van der Waals surface area contributed by atoms with Crippen molar-refractivity contribution in [2.24, 2.45) is 0 Å². The Labute approximate surface area is 188 Å². The molecule has 0 bridgehead atoms. The second kappa shape index (κ2) is 8.28. The second-order valence-electron chi connectivity index (χ2n) is 7.31. The number of aryl methyl sites for hydroxylation is 1. The zero-order chi connectivity index (χ0) is 22.1. The average molecular weight is 442 g/mol. The van der Waals surface area contributed by atoms with Gasteiger partial charge in [0.15, 0.2) is 6.61 Å². The number of rotatable bonds is 5. The average Bonchev–Trinajstić information content (AvgIpc) is 3.39. The van der Waals surface area contributed by atoms with Gasteiger partial charge in [0.05, 0.1) is 11.4 Å². The van der Waals surface area contributed by atoms with Gasteiger partial charge >= 0.3 is 5.97 Å². The molecule has 7 heteroatoms. The summed E-state index contributed by atoms with van der Waals surface area (Å²) in [6.45, 7) is 1.54. The number of esters is 1. The zero-order valence-electron chi connectivity index (χ0n) is 17.2. The number of anilines is 1. The Morgan fingerprint density at radius 2 is 1.72 bits per heavy atom. The zero-order valence-corrected chi connectivity index (χ0v) is 18.1. The van der Waals surface area contributed by atoms with Gasteiger partial charge in [-0.3, -0.25) is 4.79 Å². The standard InChI is InChI=1S/C25H19N3O3S/c1-16-20-14-22(32-24(20)28(27-16)18-10-3-2-4-11-18)25(30)31-15-23(29)26-21-13-7-9-17-8-5-6-12-19(17)21/h2-14H,15H2,1H3,(H,26,29). The molecule has 0 aliphatic carbocycles. The number of benzene rings is 3. The van der Waals surface area contributed by atoms with E-state index >= 15 is 0 Å². The summed E-state index contributed by atoms with van der Waals surface area (Å²) in [5.41, 5.74) is 2.43. The summed E-state index contributed by atoms with van der Waals surface area (Å²) in [4.78, 5) is 26.3. The van der Waals surface area contributed by atoms with Gasteiger partial charge in [0.2, 0.25) is 0 Å². The van der Waals surface area contributed by atoms with Crippen LogP contribution in [0.2, 0.25) is 0 Å². The van der Waals surface area contributed by atoms with Crippen LogP contribution < -0.4 is 5.32 Å². The van der Waals surface area contributed by atoms with Gasteiger partial charge in [0.1, 0.15) is 9.71 Å². The molecule has 1 amide bonds. The number of thiophene rings is 1. The molecule has 32 heavy (non-hydrogen) atoms. The van der Waals surface area contributed by atoms with E-state index < -0.39 is 5.97 Å². The minimum absolute atomic E-state index is 0.361. The van der Waals surface area contributed by atoms with Crippen molar-refractivity contribution in [3.05, 3.63) is 89.4 Å². The number of hydrogen-bond donors (Lipinski definition) is 1. The van der Waals surface area contributed by atoms with Gasteiger partial charge in [-0.2, -0.15) is 5.10 Å². The number of hydrogen-bond acceptors (Lipinski definition) is 5. The lowest BCUT2D eigenvalue weighted by Gasteiger charge is -2.09. The topological polar surface area (TPSA) is 73.2 Å². The van der Waals surface area contributed by atoms with E-state index in [2.05, 4.69) is 10.4 Å². The van der Waals surface area contributed by atoms with E-state index in [0.29, 0.717) is 10.6 Å². The van der Waals surface area contributed by atoms with Crippen LogP contribution in [0.5, 0.6) is 0 Å². The van der Waals surface area contributed by atoms with Crippen molar-refractivity contribution in [1.29, 1.82) is 0 Å². The summed E-state index contributed by atoms with van der Waals surface area (Å²) in [6, 6.07) is 25.0. The van der Waals surface area contributed by atoms with Gasteiger partial charge in [-0.25, -0.2) is 9.48 Å². The number of ether oxygens (including phenoxy) is 1. The molecular weight excluding hydrogens is 422 g/mol. The maximum atomic E-state index is 12.6. The van der Waals surface area contributed by atoms with Crippen molar-refractivity contribution in [3.8, 4) is 5.69 Å². The summed E-state index contributed by atoms with van der Waals surface area (Å²) in [5, 5.41) is 10.3. The van der Waals surface area contributed by atoms with Crippen LogP contribution in [0, 0.1) is 6.92 Å². The van der Waals surface area contributed by atoms with E-state index in [1.807, 2.05) is 84.4 Å². The van der Waals surface area contributed by atoms with E-state index in [1.54, 1.807) is 6.07 Å². The number of carbonyl (C=O) groups excluding carboxylic acids is 2. The molecule has 0 radical (unpaired) electrons. The number of nitrogens with one attached hydrogen (secondary N) is 1. The van der Waals surface area contributed by atoms with Gasteiger partial charge < -0.3 is 10.1 Å². The lowest BCUT2D eigenvalue weighted by atomic mass is 10.1. The molecule has 0 fully saturated rings. The summed E-state index contributed by atoms with van der Waals surface area (Å²) >= 11 is 1.30. The van der Waals surface area contributed by atoms with Crippen molar-refractivity contribution in [1.82, 2.24) is 9.78 Å². The molecule has 158 valence electrons. The van der Waals surface area contributed by atoms with Gasteiger partial charge in [0, 0.05) is 16.5 Å². The number of amides is 1. The molecule has 2 aromatic heterocycles. The van der Waals surface area contributed by atoms with Crippen LogP contribution in [-0.2, 0) is 9.53 Å². The molecule has 0 saturated carbocycles. The minimum Gasteiger partial charge on any atom is -0.451 e. The van der Waals surface area contributed by atoms with Crippen LogP contribution in [-0.4, -0.2) is 28.3 Å². The largest absolute Gasteiger partial charge is 0.451 e. The predicted octanol–water partition coefficient (Wildman–Crippen LogP) is 5.34. The number of para-hydroxylation sites is 1. The third-order valence-corrected chi connectivity index (χ3v) is 6.24. The summed E-state index contributed by atoms with van der Waals surface area (Å²) in [6.07, 6.45) is 0. The molecule has 0 unspecified atom stereocenters. The molecule has 0 aliphatic rings. The first-order valence-corrected chi connectivity index (χ1v) is 10.9. The molecule has 2 heterocycles. The summed E-state index contributed by atoms with van der Waals surface area (Å²) in [5.74, 6) is -0.916. The SMILES string of the molecule is Cc1nn(-c2ccccc2)c2sc(C(=O)OCC(=O)Nc3cccc4ccccc34)cc12.